The number of aliphatic hydroxyl groups excluding tert-OH is 1. The number of carboxylic acids is 1. The van der Waals surface area contributed by atoms with Crippen LogP contribution in [0.5, 0.6) is 5.75 Å². The van der Waals surface area contributed by atoms with Crippen LogP contribution >= 0.6 is 0 Å². The molecule has 22 heavy (non-hydrogen) atoms. The number of aryl methyl sites for hydroxylation is 2. The van der Waals surface area contributed by atoms with Gasteiger partial charge >= 0.3 is 5.97 Å². The first kappa shape index (κ1) is 16.0. The Morgan fingerprint density at radius 3 is 2.64 bits per heavy atom. The highest BCUT2D eigenvalue weighted by atomic mass is 16.5. The Bertz CT molecular complexity index is 677. The molecule has 0 unspecified atom stereocenters. The third-order valence-corrected chi connectivity index (χ3v) is 3.77. The summed E-state index contributed by atoms with van der Waals surface area (Å²) in [6, 6.07) is 11.6. The number of hydrogen-bond donors (Lipinski definition) is 2. The fourth-order valence-corrected chi connectivity index (χ4v) is 2.54. The molecular weight excluding hydrogens is 280 g/mol. The number of carboxylic acid groups (broad SMARTS) is 1. The Balaban J connectivity index is 2.41. The normalized spacial score (nSPS) is 10.5. The molecule has 4 heteroatoms. The largest absolute Gasteiger partial charge is 0.496 e. The molecule has 0 spiro atoms. The van der Waals surface area contributed by atoms with E-state index in [2.05, 4.69) is 0 Å². The molecule has 2 aromatic rings. The van der Waals surface area contributed by atoms with Crippen LogP contribution in [0, 0.1) is 6.92 Å². The molecule has 0 aliphatic heterocycles. The van der Waals surface area contributed by atoms with Gasteiger partial charge in [0.2, 0.25) is 0 Å². The minimum absolute atomic E-state index is 0.0227. The minimum atomic E-state index is -0.826. The Hall–Kier alpha value is -2.33. The Morgan fingerprint density at radius 1 is 1.23 bits per heavy atom. The van der Waals surface area contributed by atoms with Crippen molar-refractivity contribution in [3.63, 3.8) is 0 Å². The van der Waals surface area contributed by atoms with Gasteiger partial charge in [-0.3, -0.25) is 4.79 Å². The van der Waals surface area contributed by atoms with E-state index in [1.54, 1.807) is 7.11 Å². The monoisotopic (exact) mass is 300 g/mol. The van der Waals surface area contributed by atoms with E-state index in [9.17, 15) is 9.90 Å². The number of aliphatic carboxylic acids is 1. The Morgan fingerprint density at radius 2 is 2.00 bits per heavy atom. The Labute approximate surface area is 130 Å². The molecule has 116 valence electrons. The molecule has 0 saturated heterocycles. The van der Waals surface area contributed by atoms with Gasteiger partial charge in [0.25, 0.3) is 0 Å². The summed E-state index contributed by atoms with van der Waals surface area (Å²) >= 11 is 0. The molecular formula is C18H20O4. The van der Waals surface area contributed by atoms with Crippen LogP contribution in [0.25, 0.3) is 11.1 Å². The van der Waals surface area contributed by atoms with Crippen LogP contribution in [0.1, 0.15) is 23.1 Å². The zero-order chi connectivity index (χ0) is 16.1. The quantitative estimate of drug-likeness (QED) is 0.860. The molecule has 0 atom stereocenters. The summed E-state index contributed by atoms with van der Waals surface area (Å²) in [6.07, 6.45) is 0.501. The molecule has 0 radical (unpaired) electrons. The van der Waals surface area contributed by atoms with Crippen molar-refractivity contribution in [1.82, 2.24) is 0 Å². The van der Waals surface area contributed by atoms with Crippen molar-refractivity contribution in [3.8, 4) is 16.9 Å². The topological polar surface area (TPSA) is 66.8 Å². The molecule has 0 amide bonds. The maximum absolute atomic E-state index is 10.7. The van der Waals surface area contributed by atoms with Crippen molar-refractivity contribution >= 4 is 5.97 Å². The molecule has 2 rings (SSSR count). The molecule has 0 bridgehead atoms. The van der Waals surface area contributed by atoms with Crippen LogP contribution in [0.3, 0.4) is 0 Å². The third-order valence-electron chi connectivity index (χ3n) is 3.77. The molecule has 4 nitrogen and oxygen atoms in total. The first-order chi connectivity index (χ1) is 10.6. The summed E-state index contributed by atoms with van der Waals surface area (Å²) in [7, 11) is 1.58. The third kappa shape index (κ3) is 3.46. The fraction of sp³-hybridized carbons (Fsp3) is 0.278. The highest BCUT2D eigenvalue weighted by Gasteiger charge is 2.11. The highest BCUT2D eigenvalue weighted by Crippen LogP contribution is 2.31. The van der Waals surface area contributed by atoms with Crippen molar-refractivity contribution in [2.24, 2.45) is 0 Å². The zero-order valence-electron chi connectivity index (χ0n) is 12.8. The summed E-state index contributed by atoms with van der Waals surface area (Å²) in [5, 5.41) is 18.4. The lowest BCUT2D eigenvalue weighted by Gasteiger charge is -2.14. The highest BCUT2D eigenvalue weighted by molar-refractivity contribution is 5.71. The van der Waals surface area contributed by atoms with E-state index in [1.807, 2.05) is 43.3 Å². The second kappa shape index (κ2) is 7.09. The van der Waals surface area contributed by atoms with Gasteiger partial charge in [0.15, 0.2) is 0 Å². The lowest BCUT2D eigenvalue weighted by Crippen LogP contribution is -2.00. The van der Waals surface area contributed by atoms with Crippen LogP contribution in [-0.2, 0) is 17.8 Å². The lowest BCUT2D eigenvalue weighted by atomic mass is 9.95. The van der Waals surface area contributed by atoms with Gasteiger partial charge in [-0.2, -0.15) is 0 Å². The maximum atomic E-state index is 10.7. The SMILES string of the molecule is COc1cc(-c2cccc(C)c2CO)ccc1CCC(=O)O. The first-order valence-corrected chi connectivity index (χ1v) is 7.15. The van der Waals surface area contributed by atoms with E-state index in [0.717, 1.165) is 27.8 Å². The van der Waals surface area contributed by atoms with Gasteiger partial charge in [-0.25, -0.2) is 0 Å². The number of hydrogen-bond acceptors (Lipinski definition) is 3. The van der Waals surface area contributed by atoms with Crippen molar-refractivity contribution < 1.29 is 19.7 Å². The second-order valence-corrected chi connectivity index (χ2v) is 5.18. The summed E-state index contributed by atoms with van der Waals surface area (Å²) in [6.45, 7) is 1.94. The average molecular weight is 300 g/mol. The number of aliphatic hydroxyl groups is 1. The zero-order valence-corrected chi connectivity index (χ0v) is 12.8. The van der Waals surface area contributed by atoms with Crippen molar-refractivity contribution in [3.05, 3.63) is 53.1 Å². The summed E-state index contributed by atoms with van der Waals surface area (Å²) < 4.78 is 5.39. The molecule has 0 aliphatic carbocycles. The molecule has 0 aliphatic rings. The van der Waals surface area contributed by atoms with Crippen molar-refractivity contribution in [2.45, 2.75) is 26.4 Å². The Kier molecular flexibility index (Phi) is 5.17. The van der Waals surface area contributed by atoms with Crippen molar-refractivity contribution in [2.75, 3.05) is 7.11 Å². The van der Waals surface area contributed by atoms with E-state index in [4.69, 9.17) is 9.84 Å². The predicted molar refractivity (Wildman–Crippen MR) is 85.0 cm³/mol. The van der Waals surface area contributed by atoms with Gasteiger partial charge < -0.3 is 14.9 Å². The number of methoxy groups -OCH3 is 1. The van der Waals surface area contributed by atoms with Gasteiger partial charge in [-0.15, -0.1) is 0 Å². The summed E-state index contributed by atoms with van der Waals surface area (Å²) in [5.41, 5.74) is 4.71. The maximum Gasteiger partial charge on any atom is 0.303 e. The molecule has 2 aromatic carbocycles. The van der Waals surface area contributed by atoms with Gasteiger partial charge in [-0.05, 0) is 47.2 Å². The smallest absolute Gasteiger partial charge is 0.303 e. The van der Waals surface area contributed by atoms with Crippen LogP contribution in [-0.4, -0.2) is 23.3 Å². The number of rotatable bonds is 6. The van der Waals surface area contributed by atoms with Gasteiger partial charge in [0, 0.05) is 6.42 Å². The van der Waals surface area contributed by atoms with E-state index in [-0.39, 0.29) is 13.0 Å². The average Bonchev–Trinajstić information content (AvgIpc) is 2.52. The second-order valence-electron chi connectivity index (χ2n) is 5.18. The van der Waals surface area contributed by atoms with E-state index < -0.39 is 5.97 Å². The molecule has 0 fully saturated rings. The predicted octanol–water partition coefficient (Wildman–Crippen LogP) is 3.18. The van der Waals surface area contributed by atoms with Crippen LogP contribution in [0.2, 0.25) is 0 Å². The van der Waals surface area contributed by atoms with E-state index in [0.29, 0.717) is 12.2 Å². The van der Waals surface area contributed by atoms with Gasteiger partial charge in [0.1, 0.15) is 5.75 Å². The van der Waals surface area contributed by atoms with E-state index in [1.165, 1.54) is 0 Å². The molecule has 0 aromatic heterocycles. The van der Waals surface area contributed by atoms with Crippen molar-refractivity contribution in [1.29, 1.82) is 0 Å². The first-order valence-electron chi connectivity index (χ1n) is 7.15. The minimum Gasteiger partial charge on any atom is -0.496 e. The van der Waals surface area contributed by atoms with Crippen LogP contribution < -0.4 is 4.74 Å². The van der Waals surface area contributed by atoms with Crippen LogP contribution in [0.4, 0.5) is 0 Å². The lowest BCUT2D eigenvalue weighted by molar-refractivity contribution is -0.136. The van der Waals surface area contributed by atoms with E-state index >= 15 is 0 Å². The standard InChI is InChI=1S/C18H20O4/c1-12-4-3-5-15(16(12)11-19)14-7-6-13(8-9-18(20)21)17(10-14)22-2/h3-7,10,19H,8-9,11H2,1-2H3,(H,20,21). The molecule has 0 saturated carbocycles. The van der Waals surface area contributed by atoms with Gasteiger partial charge in [0.05, 0.1) is 13.7 Å². The summed E-state index contributed by atoms with van der Waals surface area (Å²) in [4.78, 5) is 10.7. The van der Waals surface area contributed by atoms with Crippen LogP contribution in [0.15, 0.2) is 36.4 Å². The number of carbonyl (C=O) groups is 1. The fourth-order valence-electron chi connectivity index (χ4n) is 2.54. The number of benzene rings is 2. The molecule has 2 N–H and O–H groups in total. The molecule has 0 heterocycles. The van der Waals surface area contributed by atoms with Gasteiger partial charge in [-0.1, -0.05) is 30.3 Å². The summed E-state index contributed by atoms with van der Waals surface area (Å²) in [5.74, 6) is -0.156. The number of ether oxygens (including phenoxy) is 1.